The van der Waals surface area contributed by atoms with Crippen LogP contribution in [0, 0.1) is 0 Å². The molecule has 21 heavy (non-hydrogen) atoms. The zero-order valence-corrected chi connectivity index (χ0v) is 14.0. The van der Waals surface area contributed by atoms with Crippen molar-refractivity contribution in [3.8, 4) is 0 Å². The Bertz CT molecular complexity index is 435. The lowest BCUT2D eigenvalue weighted by Crippen LogP contribution is -2.31. The normalized spacial score (nSPS) is 24.7. The van der Waals surface area contributed by atoms with Gasteiger partial charge in [-0.05, 0) is 54.0 Å². The molecule has 1 aromatic rings. The minimum absolute atomic E-state index is 0.220. The van der Waals surface area contributed by atoms with Gasteiger partial charge in [0.1, 0.15) is 0 Å². The molecule has 0 aliphatic carbocycles. The lowest BCUT2D eigenvalue weighted by molar-refractivity contribution is 0.214. The van der Waals surface area contributed by atoms with Crippen molar-refractivity contribution in [3.05, 3.63) is 11.7 Å². The molecule has 2 heterocycles. The molecule has 0 saturated carbocycles. The first kappa shape index (κ1) is 16.4. The molecular formula is C15H29N5O. The van der Waals surface area contributed by atoms with E-state index in [0.717, 1.165) is 37.8 Å². The van der Waals surface area contributed by atoms with Gasteiger partial charge in [-0.3, -0.25) is 4.90 Å². The first-order valence-electron chi connectivity index (χ1n) is 7.96. The fraction of sp³-hybridized carbons (Fsp3) is 0.867. The second-order valence-corrected chi connectivity index (χ2v) is 6.20. The Morgan fingerprint density at radius 2 is 2.14 bits per heavy atom. The Kier molecular flexibility index (Phi) is 5.72. The fourth-order valence-electron chi connectivity index (χ4n) is 3.03. The summed E-state index contributed by atoms with van der Waals surface area (Å²) in [6.07, 6.45) is 2.17. The average Bonchev–Trinajstić information content (AvgIpc) is 2.87. The highest BCUT2D eigenvalue weighted by atomic mass is 16.5. The highest BCUT2D eigenvalue weighted by Gasteiger charge is 2.29. The van der Waals surface area contributed by atoms with Crippen molar-refractivity contribution >= 4 is 0 Å². The molecule has 1 aromatic heterocycles. The molecule has 0 amide bonds. The molecule has 6 heteroatoms. The van der Waals surface area contributed by atoms with E-state index in [1.165, 1.54) is 6.42 Å². The number of rotatable bonds is 5. The summed E-state index contributed by atoms with van der Waals surface area (Å²) < 4.78 is 5.57. The summed E-state index contributed by atoms with van der Waals surface area (Å²) in [5, 5.41) is 7.55. The van der Waals surface area contributed by atoms with Gasteiger partial charge < -0.3 is 14.7 Å². The third-order valence-electron chi connectivity index (χ3n) is 4.64. The van der Waals surface area contributed by atoms with Crippen LogP contribution in [0.5, 0.6) is 0 Å². The number of aromatic nitrogens is 2. The second-order valence-electron chi connectivity index (χ2n) is 6.20. The maximum absolute atomic E-state index is 5.57. The Morgan fingerprint density at radius 3 is 2.81 bits per heavy atom. The van der Waals surface area contributed by atoms with Crippen molar-refractivity contribution in [2.45, 2.75) is 44.7 Å². The molecule has 120 valence electrons. The van der Waals surface area contributed by atoms with E-state index in [2.05, 4.69) is 48.2 Å². The number of nitrogens with zero attached hydrogens (tertiary/aromatic N) is 4. The van der Waals surface area contributed by atoms with Gasteiger partial charge in [-0.2, -0.15) is 4.98 Å². The standard InChI is InChI=1S/C15H29N5O/c1-6-12(11(2)16-3)15-17-14(18-21-15)13-10-19(4)8-7-9-20(13)5/h11-13,16H,6-10H2,1-5H3. The summed E-state index contributed by atoms with van der Waals surface area (Å²) >= 11 is 0. The van der Waals surface area contributed by atoms with E-state index in [1.807, 2.05) is 7.05 Å². The van der Waals surface area contributed by atoms with E-state index >= 15 is 0 Å². The molecule has 0 bridgehead atoms. The zero-order valence-electron chi connectivity index (χ0n) is 14.0. The maximum atomic E-state index is 5.57. The molecule has 1 aliphatic rings. The molecule has 3 atom stereocenters. The van der Waals surface area contributed by atoms with E-state index in [1.54, 1.807) is 0 Å². The Hall–Kier alpha value is -0.980. The van der Waals surface area contributed by atoms with E-state index in [-0.39, 0.29) is 12.0 Å². The first-order valence-corrected chi connectivity index (χ1v) is 7.96. The van der Waals surface area contributed by atoms with Gasteiger partial charge in [0, 0.05) is 12.6 Å². The zero-order chi connectivity index (χ0) is 15.4. The van der Waals surface area contributed by atoms with Crippen molar-refractivity contribution < 1.29 is 4.52 Å². The van der Waals surface area contributed by atoms with Crippen LogP contribution in [-0.2, 0) is 0 Å². The molecule has 6 nitrogen and oxygen atoms in total. The van der Waals surface area contributed by atoms with Crippen molar-refractivity contribution in [3.63, 3.8) is 0 Å². The largest absolute Gasteiger partial charge is 0.339 e. The highest BCUT2D eigenvalue weighted by molar-refractivity contribution is 5.02. The molecule has 1 N–H and O–H groups in total. The topological polar surface area (TPSA) is 57.4 Å². The van der Waals surface area contributed by atoms with Crippen LogP contribution in [0.1, 0.15) is 50.4 Å². The monoisotopic (exact) mass is 295 g/mol. The summed E-state index contributed by atoms with van der Waals surface area (Å²) in [6.45, 7) is 7.47. The summed E-state index contributed by atoms with van der Waals surface area (Å²) in [4.78, 5) is 9.39. The predicted molar refractivity (Wildman–Crippen MR) is 83.3 cm³/mol. The molecule has 2 rings (SSSR count). The Balaban J connectivity index is 2.17. The van der Waals surface area contributed by atoms with Gasteiger partial charge >= 0.3 is 0 Å². The van der Waals surface area contributed by atoms with Crippen LogP contribution in [-0.4, -0.2) is 66.8 Å². The molecular weight excluding hydrogens is 266 g/mol. The number of likely N-dealkylation sites (N-methyl/N-ethyl adjacent to an activating group) is 3. The SMILES string of the molecule is CCC(c1nc(C2CN(C)CCCN2C)no1)C(C)NC. The molecule has 0 radical (unpaired) electrons. The molecule has 1 fully saturated rings. The van der Waals surface area contributed by atoms with E-state index < -0.39 is 0 Å². The minimum Gasteiger partial charge on any atom is -0.339 e. The Morgan fingerprint density at radius 1 is 1.38 bits per heavy atom. The lowest BCUT2D eigenvalue weighted by Gasteiger charge is -2.24. The van der Waals surface area contributed by atoms with Gasteiger partial charge in [-0.1, -0.05) is 12.1 Å². The van der Waals surface area contributed by atoms with Crippen molar-refractivity contribution in [1.29, 1.82) is 0 Å². The van der Waals surface area contributed by atoms with Crippen LogP contribution >= 0.6 is 0 Å². The van der Waals surface area contributed by atoms with E-state index in [4.69, 9.17) is 9.51 Å². The number of hydrogen-bond acceptors (Lipinski definition) is 6. The van der Waals surface area contributed by atoms with Crippen LogP contribution in [0.15, 0.2) is 4.52 Å². The second kappa shape index (κ2) is 7.33. The van der Waals surface area contributed by atoms with Crippen molar-refractivity contribution in [2.24, 2.45) is 0 Å². The maximum Gasteiger partial charge on any atom is 0.231 e. The van der Waals surface area contributed by atoms with E-state index in [9.17, 15) is 0 Å². The third kappa shape index (κ3) is 3.81. The fourth-order valence-corrected chi connectivity index (χ4v) is 3.03. The van der Waals surface area contributed by atoms with Crippen LogP contribution in [0.25, 0.3) is 0 Å². The smallest absolute Gasteiger partial charge is 0.231 e. The third-order valence-corrected chi connectivity index (χ3v) is 4.64. The molecule has 1 aliphatic heterocycles. The van der Waals surface area contributed by atoms with Gasteiger partial charge in [0.15, 0.2) is 5.82 Å². The quantitative estimate of drug-likeness (QED) is 0.888. The van der Waals surface area contributed by atoms with Gasteiger partial charge in [0.2, 0.25) is 5.89 Å². The van der Waals surface area contributed by atoms with E-state index in [0.29, 0.717) is 6.04 Å². The predicted octanol–water partition coefficient (Wildman–Crippen LogP) is 1.48. The summed E-state index contributed by atoms with van der Waals surface area (Å²) in [5.74, 6) is 1.85. The van der Waals surface area contributed by atoms with Crippen molar-refractivity contribution in [2.75, 3.05) is 40.8 Å². The lowest BCUT2D eigenvalue weighted by atomic mass is 9.98. The molecule has 3 unspecified atom stereocenters. The van der Waals surface area contributed by atoms with Gasteiger partial charge in [0.25, 0.3) is 0 Å². The Labute approximate surface area is 127 Å². The van der Waals surface area contributed by atoms with Crippen LogP contribution in [0.3, 0.4) is 0 Å². The average molecular weight is 295 g/mol. The molecule has 1 saturated heterocycles. The van der Waals surface area contributed by atoms with Gasteiger partial charge in [0.05, 0.1) is 12.0 Å². The van der Waals surface area contributed by atoms with Crippen molar-refractivity contribution in [1.82, 2.24) is 25.3 Å². The first-order chi connectivity index (χ1) is 10.1. The number of nitrogens with one attached hydrogen (secondary N) is 1. The summed E-state index contributed by atoms with van der Waals surface area (Å²) in [7, 11) is 6.27. The molecule has 0 aromatic carbocycles. The minimum atomic E-state index is 0.220. The van der Waals surface area contributed by atoms with Crippen LogP contribution in [0.2, 0.25) is 0 Å². The van der Waals surface area contributed by atoms with Crippen LogP contribution in [0.4, 0.5) is 0 Å². The highest BCUT2D eigenvalue weighted by Crippen LogP contribution is 2.25. The van der Waals surface area contributed by atoms with Gasteiger partial charge in [-0.25, -0.2) is 0 Å². The van der Waals surface area contributed by atoms with Crippen LogP contribution < -0.4 is 5.32 Å². The summed E-state index contributed by atoms with van der Waals surface area (Å²) in [5.41, 5.74) is 0. The van der Waals surface area contributed by atoms with Gasteiger partial charge in [-0.15, -0.1) is 0 Å². The molecule has 0 spiro atoms. The summed E-state index contributed by atoms with van der Waals surface area (Å²) in [6, 6.07) is 0.551. The number of hydrogen-bond donors (Lipinski definition) is 1.